The lowest BCUT2D eigenvalue weighted by molar-refractivity contribution is 0.246. The molecule has 1 aliphatic heterocycles. The van der Waals surface area contributed by atoms with E-state index in [2.05, 4.69) is 48.2 Å². The van der Waals surface area contributed by atoms with Gasteiger partial charge in [0, 0.05) is 23.2 Å². The molecule has 3 aromatic rings. The molecule has 1 unspecified atom stereocenters. The van der Waals surface area contributed by atoms with Gasteiger partial charge in [0.1, 0.15) is 5.82 Å². The van der Waals surface area contributed by atoms with Crippen LogP contribution >= 0.6 is 11.8 Å². The molecule has 4 rings (SSSR count). The number of ether oxygens (including phenoxy) is 2. The quantitative estimate of drug-likeness (QED) is 0.183. The summed E-state index contributed by atoms with van der Waals surface area (Å²) in [7, 11) is 3.40. The molecule has 0 fully saturated rings. The van der Waals surface area contributed by atoms with Gasteiger partial charge in [0.05, 0.1) is 14.2 Å². The van der Waals surface area contributed by atoms with Crippen molar-refractivity contribution in [3.63, 3.8) is 0 Å². The second-order valence-electron chi connectivity index (χ2n) is 9.68. The van der Waals surface area contributed by atoms with Gasteiger partial charge < -0.3 is 9.47 Å². The topological polar surface area (TPSA) is 21.7 Å². The van der Waals surface area contributed by atoms with Gasteiger partial charge in [-0.1, -0.05) is 49.1 Å². The van der Waals surface area contributed by atoms with Crippen LogP contribution in [0.1, 0.15) is 59.6 Å². The molecule has 0 radical (unpaired) electrons. The van der Waals surface area contributed by atoms with E-state index in [1.54, 1.807) is 26.4 Å². The third-order valence-electron chi connectivity index (χ3n) is 7.03. The number of methoxy groups -OCH3 is 2. The molecule has 0 amide bonds. The molecule has 0 saturated heterocycles. The van der Waals surface area contributed by atoms with Crippen LogP contribution in [0, 0.1) is 12.7 Å². The number of halogens is 1. The van der Waals surface area contributed by atoms with Crippen molar-refractivity contribution >= 4 is 11.8 Å². The summed E-state index contributed by atoms with van der Waals surface area (Å²) in [5.74, 6) is 1.47. The van der Waals surface area contributed by atoms with Gasteiger partial charge >= 0.3 is 0 Å². The number of aryl methyl sites for hydroxylation is 1. The van der Waals surface area contributed by atoms with Crippen molar-refractivity contribution < 1.29 is 13.9 Å². The van der Waals surface area contributed by atoms with E-state index in [-0.39, 0.29) is 5.82 Å². The first-order valence-corrected chi connectivity index (χ1v) is 13.9. The van der Waals surface area contributed by atoms with E-state index in [0.717, 1.165) is 44.0 Å². The molecule has 0 spiro atoms. The largest absolute Gasteiger partial charge is 0.493 e. The first-order chi connectivity index (χ1) is 17.6. The zero-order valence-corrected chi connectivity index (χ0v) is 22.6. The van der Waals surface area contributed by atoms with Crippen LogP contribution in [0.5, 0.6) is 11.5 Å². The SMILES string of the molecule is COc1cc2c(cc1OC)CN(CCCCCCC(Sc1ccc(C)cc1)c1ccc(F)cc1)CC2. The summed E-state index contributed by atoms with van der Waals surface area (Å²) >= 11 is 1.89. The third kappa shape index (κ3) is 7.27. The fourth-order valence-corrected chi connectivity index (χ4v) is 6.10. The van der Waals surface area contributed by atoms with Crippen molar-refractivity contribution in [3.8, 4) is 11.5 Å². The number of hydrogen-bond acceptors (Lipinski definition) is 4. The summed E-state index contributed by atoms with van der Waals surface area (Å²) in [6.07, 6.45) is 7.02. The smallest absolute Gasteiger partial charge is 0.161 e. The lowest BCUT2D eigenvalue weighted by Crippen LogP contribution is -2.31. The van der Waals surface area contributed by atoms with E-state index in [4.69, 9.17) is 9.47 Å². The van der Waals surface area contributed by atoms with Gasteiger partial charge in [-0.2, -0.15) is 0 Å². The van der Waals surface area contributed by atoms with Crippen molar-refractivity contribution in [1.29, 1.82) is 0 Å². The summed E-state index contributed by atoms with van der Waals surface area (Å²) in [5.41, 5.74) is 5.21. The minimum atomic E-state index is -0.171. The predicted molar refractivity (Wildman–Crippen MR) is 148 cm³/mol. The van der Waals surface area contributed by atoms with Gasteiger partial charge in [0.15, 0.2) is 11.5 Å². The van der Waals surface area contributed by atoms with Gasteiger partial charge in [0.25, 0.3) is 0 Å². The average Bonchev–Trinajstić information content (AvgIpc) is 2.90. The summed E-state index contributed by atoms with van der Waals surface area (Å²) in [5, 5.41) is 0.346. The average molecular weight is 508 g/mol. The summed E-state index contributed by atoms with van der Waals surface area (Å²) in [6.45, 7) is 5.33. The number of benzene rings is 3. The molecule has 1 heterocycles. The maximum absolute atomic E-state index is 13.5. The summed E-state index contributed by atoms with van der Waals surface area (Å²) < 4.78 is 24.5. The maximum Gasteiger partial charge on any atom is 0.161 e. The molecule has 0 aromatic heterocycles. The Kier molecular flexibility index (Phi) is 9.71. The highest BCUT2D eigenvalue weighted by molar-refractivity contribution is 7.99. The Labute approximate surface area is 220 Å². The van der Waals surface area contributed by atoms with E-state index in [0.29, 0.717) is 5.25 Å². The minimum Gasteiger partial charge on any atom is -0.493 e. The molecule has 0 aliphatic carbocycles. The molecular formula is C31H38FNO2S. The van der Waals surface area contributed by atoms with Crippen LogP contribution in [0.3, 0.4) is 0 Å². The van der Waals surface area contributed by atoms with E-state index in [9.17, 15) is 4.39 Å². The van der Waals surface area contributed by atoms with E-state index >= 15 is 0 Å². The Morgan fingerprint density at radius 3 is 2.22 bits per heavy atom. The first-order valence-electron chi connectivity index (χ1n) is 13.0. The number of thioether (sulfide) groups is 1. The maximum atomic E-state index is 13.5. The molecule has 0 bridgehead atoms. The van der Waals surface area contributed by atoms with E-state index < -0.39 is 0 Å². The van der Waals surface area contributed by atoms with Gasteiger partial charge in [-0.3, -0.25) is 4.90 Å². The second-order valence-corrected chi connectivity index (χ2v) is 11.0. The zero-order valence-electron chi connectivity index (χ0n) is 21.8. The van der Waals surface area contributed by atoms with Crippen LogP contribution in [0.2, 0.25) is 0 Å². The van der Waals surface area contributed by atoms with Crippen LogP contribution < -0.4 is 9.47 Å². The van der Waals surface area contributed by atoms with Crippen molar-refractivity contribution in [2.45, 2.75) is 62.1 Å². The molecule has 0 saturated carbocycles. The third-order valence-corrected chi connectivity index (χ3v) is 8.37. The van der Waals surface area contributed by atoms with Gasteiger partial charge in [0.2, 0.25) is 0 Å². The van der Waals surface area contributed by atoms with Crippen LogP contribution in [0.15, 0.2) is 65.6 Å². The zero-order chi connectivity index (χ0) is 25.3. The Morgan fingerprint density at radius 1 is 0.861 bits per heavy atom. The Balaban J connectivity index is 1.23. The number of rotatable bonds is 12. The second kappa shape index (κ2) is 13.2. The Bertz CT molecular complexity index is 1100. The highest BCUT2D eigenvalue weighted by Crippen LogP contribution is 2.39. The Morgan fingerprint density at radius 2 is 1.53 bits per heavy atom. The highest BCUT2D eigenvalue weighted by Gasteiger charge is 2.19. The number of hydrogen-bond donors (Lipinski definition) is 0. The molecule has 0 N–H and O–H groups in total. The molecule has 3 aromatic carbocycles. The lowest BCUT2D eigenvalue weighted by Gasteiger charge is -2.29. The summed E-state index contributed by atoms with van der Waals surface area (Å²) in [4.78, 5) is 3.83. The number of unbranched alkanes of at least 4 members (excludes halogenated alkanes) is 3. The van der Waals surface area contributed by atoms with Gasteiger partial charge in [-0.25, -0.2) is 4.39 Å². The Hall–Kier alpha value is -2.50. The standard InChI is InChI=1S/C31H38FNO2S/c1-23-9-15-28(16-10-23)36-31(24-11-13-27(32)14-12-24)8-6-4-5-7-18-33-19-17-25-20-29(34-2)30(35-3)21-26(25)22-33/h9-16,20-21,31H,4-8,17-19,22H2,1-3H3. The lowest BCUT2D eigenvalue weighted by atomic mass is 9.98. The highest BCUT2D eigenvalue weighted by atomic mass is 32.2. The molecule has 1 aliphatic rings. The first kappa shape index (κ1) is 26.6. The molecule has 36 heavy (non-hydrogen) atoms. The van der Waals surface area contributed by atoms with E-state index in [1.165, 1.54) is 52.8 Å². The predicted octanol–water partition coefficient (Wildman–Crippen LogP) is 7.99. The van der Waals surface area contributed by atoms with Crippen molar-refractivity contribution in [2.75, 3.05) is 27.3 Å². The number of nitrogens with zero attached hydrogens (tertiary/aromatic N) is 1. The fraction of sp³-hybridized carbons (Fsp3) is 0.419. The molecule has 192 valence electrons. The van der Waals surface area contributed by atoms with Crippen LogP contribution in [0.25, 0.3) is 0 Å². The molecule has 5 heteroatoms. The minimum absolute atomic E-state index is 0.171. The molecule has 1 atom stereocenters. The van der Waals surface area contributed by atoms with Crippen molar-refractivity contribution in [1.82, 2.24) is 4.90 Å². The molecular weight excluding hydrogens is 469 g/mol. The van der Waals surface area contributed by atoms with Crippen molar-refractivity contribution in [2.24, 2.45) is 0 Å². The number of fused-ring (bicyclic) bond motifs is 1. The monoisotopic (exact) mass is 507 g/mol. The fourth-order valence-electron chi connectivity index (χ4n) is 4.90. The molecule has 3 nitrogen and oxygen atoms in total. The van der Waals surface area contributed by atoms with Gasteiger partial charge in [-0.15, -0.1) is 11.8 Å². The van der Waals surface area contributed by atoms with E-state index in [1.807, 2.05) is 23.9 Å². The van der Waals surface area contributed by atoms with Crippen LogP contribution in [0.4, 0.5) is 4.39 Å². The van der Waals surface area contributed by atoms with Crippen LogP contribution in [-0.4, -0.2) is 32.2 Å². The van der Waals surface area contributed by atoms with Crippen molar-refractivity contribution in [3.05, 3.63) is 88.7 Å². The van der Waals surface area contributed by atoms with Gasteiger partial charge in [-0.05, 0) is 85.8 Å². The normalized spacial score (nSPS) is 14.3. The summed E-state index contributed by atoms with van der Waals surface area (Å²) in [6, 6.07) is 20.0. The van der Waals surface area contributed by atoms with Crippen LogP contribution in [-0.2, 0) is 13.0 Å².